The summed E-state index contributed by atoms with van der Waals surface area (Å²) in [4.78, 5) is 41.9. The maximum atomic E-state index is 14.3. The predicted octanol–water partition coefficient (Wildman–Crippen LogP) is 3.39. The van der Waals surface area contributed by atoms with Gasteiger partial charge in [-0.05, 0) is 41.5 Å². The number of ether oxygens (including phenoxy) is 3. The van der Waals surface area contributed by atoms with Crippen molar-refractivity contribution in [1.29, 1.82) is 0 Å². The molecule has 3 aromatic carbocycles. The Morgan fingerprint density at radius 3 is 2.33 bits per heavy atom. The van der Waals surface area contributed by atoms with Crippen molar-refractivity contribution in [3.8, 4) is 17.2 Å². The molecule has 2 amide bonds. The Kier molecular flexibility index (Phi) is 5.56. The molecule has 1 spiro atoms. The molecule has 1 aromatic heterocycles. The number of carbonyl (C=O) groups excluding carboxylic acids is 2. The predicted molar refractivity (Wildman–Crippen MR) is 153 cm³/mol. The van der Waals surface area contributed by atoms with Gasteiger partial charge in [-0.15, -0.1) is 0 Å². The van der Waals surface area contributed by atoms with E-state index in [0.717, 1.165) is 22.4 Å². The van der Waals surface area contributed by atoms with Gasteiger partial charge in [-0.25, -0.2) is 9.97 Å². The van der Waals surface area contributed by atoms with E-state index in [1.54, 1.807) is 18.5 Å². The number of benzene rings is 3. The third kappa shape index (κ3) is 3.71. The summed E-state index contributed by atoms with van der Waals surface area (Å²) in [6.07, 6.45) is 3.46. The molecule has 10 nitrogen and oxygen atoms in total. The van der Waals surface area contributed by atoms with E-state index in [2.05, 4.69) is 14.9 Å². The first-order valence-corrected chi connectivity index (χ1v) is 14.0. The normalized spacial score (nSPS) is 20.1. The van der Waals surface area contributed by atoms with E-state index in [4.69, 9.17) is 14.2 Å². The van der Waals surface area contributed by atoms with Crippen molar-refractivity contribution in [1.82, 2.24) is 14.9 Å². The minimum Gasteiger partial charge on any atom is -0.491 e. The topological polar surface area (TPSA) is 97.3 Å². The van der Waals surface area contributed by atoms with Crippen molar-refractivity contribution in [3.05, 3.63) is 101 Å². The summed E-state index contributed by atoms with van der Waals surface area (Å²) >= 11 is 0. The molecule has 10 heteroatoms. The van der Waals surface area contributed by atoms with Gasteiger partial charge in [0.1, 0.15) is 17.8 Å². The Labute approximate surface area is 242 Å². The van der Waals surface area contributed by atoms with Gasteiger partial charge in [-0.2, -0.15) is 0 Å². The highest BCUT2D eigenvalue weighted by molar-refractivity contribution is 6.11. The second kappa shape index (κ2) is 9.47. The van der Waals surface area contributed by atoms with E-state index in [-0.39, 0.29) is 25.2 Å². The van der Waals surface area contributed by atoms with Crippen molar-refractivity contribution in [2.45, 2.75) is 12.0 Å². The Hall–Kier alpha value is -5.12. The molecule has 8 rings (SSSR count). The molecular formula is C32H27N5O5. The van der Waals surface area contributed by atoms with E-state index >= 15 is 0 Å². The lowest BCUT2D eigenvalue weighted by Crippen LogP contribution is -2.49. The van der Waals surface area contributed by atoms with Gasteiger partial charge in [-0.1, -0.05) is 30.3 Å². The number of aromatic nitrogens is 2. The zero-order chi connectivity index (χ0) is 28.3. The molecule has 0 bridgehead atoms. The zero-order valence-electron chi connectivity index (χ0n) is 22.7. The molecule has 1 unspecified atom stereocenters. The van der Waals surface area contributed by atoms with Gasteiger partial charge in [0.15, 0.2) is 11.5 Å². The van der Waals surface area contributed by atoms with Crippen LogP contribution in [-0.4, -0.2) is 66.3 Å². The number of hydrogen-bond acceptors (Lipinski definition) is 8. The number of carbonyl (C=O) groups is 2. The third-order valence-electron chi connectivity index (χ3n) is 8.59. The van der Waals surface area contributed by atoms with Crippen LogP contribution in [0.1, 0.15) is 27.0 Å². The molecule has 1 atom stereocenters. The average molecular weight is 562 g/mol. The van der Waals surface area contributed by atoms with Crippen molar-refractivity contribution < 1.29 is 23.8 Å². The fourth-order valence-corrected chi connectivity index (χ4v) is 6.40. The number of para-hydroxylation sites is 1. The molecule has 0 radical (unpaired) electrons. The summed E-state index contributed by atoms with van der Waals surface area (Å²) in [5.74, 6) is 2.54. The molecule has 42 heavy (non-hydrogen) atoms. The quantitative estimate of drug-likeness (QED) is 0.374. The summed E-state index contributed by atoms with van der Waals surface area (Å²) in [7, 11) is 0. The number of rotatable bonds is 4. The summed E-state index contributed by atoms with van der Waals surface area (Å²) in [6.45, 7) is 3.31. The first-order valence-electron chi connectivity index (χ1n) is 14.0. The van der Waals surface area contributed by atoms with E-state index in [9.17, 15) is 9.59 Å². The number of hydrogen-bond donors (Lipinski definition) is 0. The highest BCUT2D eigenvalue weighted by Crippen LogP contribution is 2.55. The van der Waals surface area contributed by atoms with Crippen LogP contribution >= 0.6 is 0 Å². The van der Waals surface area contributed by atoms with Crippen molar-refractivity contribution in [2.75, 3.05) is 49.4 Å². The molecule has 4 aliphatic heterocycles. The molecule has 0 saturated carbocycles. The number of fused-ring (bicyclic) bond motifs is 5. The molecular weight excluding hydrogens is 534 g/mol. The van der Waals surface area contributed by atoms with Crippen LogP contribution in [-0.2, 0) is 16.8 Å². The Balaban J connectivity index is 1.01. The lowest BCUT2D eigenvalue weighted by molar-refractivity contribution is -0.122. The Bertz CT molecular complexity index is 1700. The van der Waals surface area contributed by atoms with Crippen molar-refractivity contribution in [2.24, 2.45) is 0 Å². The van der Waals surface area contributed by atoms with Gasteiger partial charge in [0.2, 0.25) is 18.6 Å². The minimum atomic E-state index is -0.949. The van der Waals surface area contributed by atoms with Crippen LogP contribution in [0.2, 0.25) is 0 Å². The van der Waals surface area contributed by atoms with Crippen LogP contribution in [0, 0.1) is 0 Å². The van der Waals surface area contributed by atoms with E-state index in [0.29, 0.717) is 61.5 Å². The largest absolute Gasteiger partial charge is 0.491 e. The summed E-state index contributed by atoms with van der Waals surface area (Å²) < 4.78 is 17.2. The van der Waals surface area contributed by atoms with Gasteiger partial charge < -0.3 is 28.9 Å². The van der Waals surface area contributed by atoms with Gasteiger partial charge in [-0.3, -0.25) is 9.59 Å². The van der Waals surface area contributed by atoms with Gasteiger partial charge in [0, 0.05) is 61.5 Å². The molecule has 0 N–H and O–H groups in total. The number of amides is 2. The third-order valence-corrected chi connectivity index (χ3v) is 8.59. The van der Waals surface area contributed by atoms with E-state index in [1.807, 2.05) is 70.5 Å². The number of nitrogens with zero attached hydrogens (tertiary/aromatic N) is 5. The van der Waals surface area contributed by atoms with Crippen LogP contribution in [0.3, 0.4) is 0 Å². The van der Waals surface area contributed by atoms with Crippen molar-refractivity contribution in [3.63, 3.8) is 0 Å². The smallest absolute Gasteiger partial charge is 0.253 e. The Morgan fingerprint density at radius 2 is 1.55 bits per heavy atom. The lowest BCUT2D eigenvalue weighted by Gasteiger charge is -2.34. The van der Waals surface area contributed by atoms with Crippen LogP contribution < -0.4 is 24.0 Å². The molecule has 0 aliphatic carbocycles. The monoisotopic (exact) mass is 561 g/mol. The van der Waals surface area contributed by atoms with Gasteiger partial charge in [0.05, 0.1) is 6.54 Å². The fourth-order valence-electron chi connectivity index (χ4n) is 6.40. The second-order valence-corrected chi connectivity index (χ2v) is 10.8. The first-order chi connectivity index (χ1) is 20.6. The summed E-state index contributed by atoms with van der Waals surface area (Å²) in [5, 5.41) is 0. The SMILES string of the molecule is O=C(c1ccc(CN2C(=O)C3(COc4cc5c(cc43)OCO5)c3ccccc32)cc1)N1CCN(c2ncccn2)CC1. The summed E-state index contributed by atoms with van der Waals surface area (Å²) in [5.41, 5.74) is 3.18. The number of anilines is 2. The second-order valence-electron chi connectivity index (χ2n) is 10.8. The molecule has 1 fully saturated rings. The van der Waals surface area contributed by atoms with E-state index < -0.39 is 5.41 Å². The van der Waals surface area contributed by atoms with Gasteiger partial charge in [0.25, 0.3) is 5.91 Å². The molecule has 5 heterocycles. The van der Waals surface area contributed by atoms with Crippen LogP contribution in [0.15, 0.2) is 79.1 Å². The molecule has 1 saturated heterocycles. The minimum absolute atomic E-state index is 0.00447. The maximum Gasteiger partial charge on any atom is 0.253 e. The van der Waals surface area contributed by atoms with Crippen molar-refractivity contribution >= 4 is 23.5 Å². The molecule has 4 aromatic rings. The van der Waals surface area contributed by atoms with Crippen LogP contribution in [0.4, 0.5) is 11.6 Å². The van der Waals surface area contributed by atoms with E-state index in [1.165, 1.54) is 0 Å². The lowest BCUT2D eigenvalue weighted by atomic mass is 9.77. The fraction of sp³-hybridized carbons (Fsp3) is 0.250. The van der Waals surface area contributed by atoms with Crippen LogP contribution in [0.5, 0.6) is 17.2 Å². The summed E-state index contributed by atoms with van der Waals surface area (Å²) in [6, 6.07) is 20.9. The highest BCUT2D eigenvalue weighted by Gasteiger charge is 2.57. The standard InChI is InChI=1S/C32H27N5O5/c38-29(35-12-14-36(15-13-35)31-33-10-3-11-34-31)22-8-6-21(7-9-22)18-37-25-5-2-1-4-23(25)32(30(37)39)19-40-26-17-28-27(16-24(26)32)41-20-42-28/h1-11,16-17H,12-15,18-20H2. The van der Waals surface area contributed by atoms with Gasteiger partial charge >= 0.3 is 0 Å². The Morgan fingerprint density at radius 1 is 0.810 bits per heavy atom. The highest BCUT2D eigenvalue weighted by atomic mass is 16.7. The molecule has 4 aliphatic rings. The first kappa shape index (κ1) is 24.7. The maximum absolute atomic E-state index is 14.3. The average Bonchev–Trinajstić information content (AvgIpc) is 3.73. The zero-order valence-corrected chi connectivity index (χ0v) is 22.7. The number of piperazine rings is 1. The van der Waals surface area contributed by atoms with Crippen LogP contribution in [0.25, 0.3) is 0 Å². The molecule has 210 valence electrons.